The van der Waals surface area contributed by atoms with Crippen molar-refractivity contribution in [3.05, 3.63) is 29.3 Å². The fourth-order valence-corrected chi connectivity index (χ4v) is 5.23. The highest BCUT2D eigenvalue weighted by molar-refractivity contribution is 8.76. The Kier molecular flexibility index (Phi) is 15.4. The van der Waals surface area contributed by atoms with Crippen LogP contribution in [-0.4, -0.2) is 11.2 Å². The van der Waals surface area contributed by atoms with E-state index in [1.54, 1.807) is 0 Å². The average Bonchev–Trinajstić information content (AvgIpc) is 2.68. The van der Waals surface area contributed by atoms with E-state index >= 15 is 0 Å². The molecule has 0 heterocycles. The highest BCUT2D eigenvalue weighted by atomic mass is 33.1. The lowest BCUT2D eigenvalue weighted by atomic mass is 9.96. The van der Waals surface area contributed by atoms with Gasteiger partial charge in [-0.1, -0.05) is 90.2 Å². The SMILES string of the molecule is CCCCCCCCc1cccc(SSNC(=O)O)c1CCCCCCCC. The second-order valence-electron chi connectivity index (χ2n) is 7.50. The molecule has 160 valence electrons. The summed E-state index contributed by atoms with van der Waals surface area (Å²) in [4.78, 5) is 12.0. The second-order valence-corrected chi connectivity index (χ2v) is 9.48. The molecule has 0 saturated heterocycles. The molecule has 3 nitrogen and oxygen atoms in total. The Morgan fingerprint density at radius 3 is 2.04 bits per heavy atom. The van der Waals surface area contributed by atoms with Gasteiger partial charge in [-0.2, -0.15) is 0 Å². The lowest BCUT2D eigenvalue weighted by Gasteiger charge is -2.14. The topological polar surface area (TPSA) is 49.3 Å². The number of carbonyl (C=O) groups is 1. The number of benzene rings is 1. The summed E-state index contributed by atoms with van der Waals surface area (Å²) in [5.74, 6) is 0. The van der Waals surface area contributed by atoms with Crippen molar-refractivity contribution in [1.29, 1.82) is 0 Å². The molecule has 0 aliphatic carbocycles. The van der Waals surface area contributed by atoms with Gasteiger partial charge < -0.3 is 5.11 Å². The van der Waals surface area contributed by atoms with Gasteiger partial charge in [0.25, 0.3) is 0 Å². The summed E-state index contributed by atoms with van der Waals surface area (Å²) >= 11 is 0. The zero-order valence-corrected chi connectivity index (χ0v) is 19.4. The minimum Gasteiger partial charge on any atom is -0.464 e. The third-order valence-electron chi connectivity index (χ3n) is 5.07. The van der Waals surface area contributed by atoms with Gasteiger partial charge in [0.15, 0.2) is 0 Å². The molecule has 0 unspecified atom stereocenters. The average molecular weight is 426 g/mol. The molecule has 1 aromatic carbocycles. The molecule has 0 bridgehead atoms. The highest BCUT2D eigenvalue weighted by Gasteiger charge is 2.10. The van der Waals surface area contributed by atoms with Crippen LogP contribution in [0.5, 0.6) is 0 Å². The smallest absolute Gasteiger partial charge is 0.415 e. The van der Waals surface area contributed by atoms with E-state index in [0.717, 1.165) is 12.8 Å². The van der Waals surface area contributed by atoms with E-state index in [2.05, 4.69) is 36.8 Å². The Morgan fingerprint density at radius 1 is 0.857 bits per heavy atom. The zero-order valence-electron chi connectivity index (χ0n) is 17.8. The van der Waals surface area contributed by atoms with Crippen molar-refractivity contribution in [1.82, 2.24) is 4.72 Å². The van der Waals surface area contributed by atoms with Crippen LogP contribution in [0.3, 0.4) is 0 Å². The summed E-state index contributed by atoms with van der Waals surface area (Å²) in [5.41, 5.74) is 2.90. The summed E-state index contributed by atoms with van der Waals surface area (Å²) in [6.45, 7) is 4.51. The van der Waals surface area contributed by atoms with E-state index < -0.39 is 6.09 Å². The van der Waals surface area contributed by atoms with Crippen LogP contribution >= 0.6 is 21.8 Å². The number of aryl methyl sites for hydroxylation is 1. The van der Waals surface area contributed by atoms with Gasteiger partial charge in [-0.25, -0.2) is 4.79 Å². The fraction of sp³-hybridized carbons (Fsp3) is 0.696. The van der Waals surface area contributed by atoms with Gasteiger partial charge in [-0.3, -0.25) is 4.72 Å². The number of unbranched alkanes of at least 4 members (excludes halogenated alkanes) is 10. The van der Waals surface area contributed by atoms with E-state index in [0.29, 0.717) is 0 Å². The van der Waals surface area contributed by atoms with Gasteiger partial charge in [0.05, 0.1) is 0 Å². The summed E-state index contributed by atoms with van der Waals surface area (Å²) in [6.07, 6.45) is 17.0. The number of hydrogen-bond donors (Lipinski definition) is 2. The largest absolute Gasteiger partial charge is 0.464 e. The molecule has 0 atom stereocenters. The first kappa shape index (κ1) is 25.2. The number of nitrogens with one attached hydrogen (secondary N) is 1. The first-order valence-corrected chi connectivity index (χ1v) is 13.3. The maximum atomic E-state index is 10.7. The van der Waals surface area contributed by atoms with Gasteiger partial charge in [-0.15, -0.1) is 0 Å². The van der Waals surface area contributed by atoms with Crippen molar-refractivity contribution in [2.75, 3.05) is 0 Å². The van der Waals surface area contributed by atoms with Gasteiger partial charge >= 0.3 is 6.09 Å². The standard InChI is InChI=1S/C23H39NO2S2/c1-3-5-7-9-11-13-16-20-17-15-19-22(27-28-24-23(25)26)21(20)18-14-12-10-8-6-4-2/h15,17,19,24H,3-14,16,18H2,1-2H3,(H,25,26). The zero-order chi connectivity index (χ0) is 20.5. The van der Waals surface area contributed by atoms with Gasteiger partial charge in [0.2, 0.25) is 0 Å². The van der Waals surface area contributed by atoms with Crippen LogP contribution in [0.2, 0.25) is 0 Å². The van der Waals surface area contributed by atoms with E-state index in [1.807, 2.05) is 0 Å². The van der Waals surface area contributed by atoms with Crippen LogP contribution in [0.4, 0.5) is 4.79 Å². The predicted molar refractivity (Wildman–Crippen MR) is 125 cm³/mol. The monoisotopic (exact) mass is 425 g/mol. The molecule has 1 aromatic rings. The van der Waals surface area contributed by atoms with Crippen LogP contribution in [0.25, 0.3) is 0 Å². The van der Waals surface area contributed by atoms with E-state index in [-0.39, 0.29) is 0 Å². The molecular formula is C23H39NO2S2. The van der Waals surface area contributed by atoms with E-state index in [4.69, 9.17) is 5.11 Å². The van der Waals surface area contributed by atoms with Crippen molar-refractivity contribution >= 4 is 27.9 Å². The molecular weight excluding hydrogens is 386 g/mol. The summed E-state index contributed by atoms with van der Waals surface area (Å²) in [5, 5.41) is 8.82. The van der Waals surface area contributed by atoms with Gasteiger partial charge in [-0.05, 0) is 53.7 Å². The Hall–Kier alpha value is -0.810. The summed E-state index contributed by atoms with van der Waals surface area (Å²) in [6, 6.07) is 6.54. The Bertz CT molecular complexity index is 537. The van der Waals surface area contributed by atoms with Crippen molar-refractivity contribution in [2.24, 2.45) is 0 Å². The molecule has 0 radical (unpaired) electrons. The molecule has 0 aliphatic heterocycles. The van der Waals surface area contributed by atoms with Crippen molar-refractivity contribution in [3.63, 3.8) is 0 Å². The number of amides is 1. The minimum atomic E-state index is -0.988. The molecule has 0 aromatic heterocycles. The predicted octanol–water partition coefficient (Wildman–Crippen LogP) is 8.42. The third kappa shape index (κ3) is 11.9. The molecule has 0 aliphatic rings. The van der Waals surface area contributed by atoms with E-state index in [1.165, 1.54) is 115 Å². The molecule has 0 saturated carbocycles. The second kappa shape index (κ2) is 17.1. The first-order valence-electron chi connectivity index (χ1n) is 11.1. The third-order valence-corrected chi connectivity index (χ3v) is 7.01. The molecule has 5 heteroatoms. The minimum absolute atomic E-state index is 0.988. The van der Waals surface area contributed by atoms with Crippen LogP contribution < -0.4 is 4.72 Å². The number of carboxylic acid groups (broad SMARTS) is 1. The number of hydrogen-bond acceptors (Lipinski definition) is 3. The van der Waals surface area contributed by atoms with Crippen molar-refractivity contribution < 1.29 is 9.90 Å². The van der Waals surface area contributed by atoms with Gasteiger partial charge in [0.1, 0.15) is 0 Å². The summed E-state index contributed by atoms with van der Waals surface area (Å²) in [7, 11) is 2.73. The quantitative estimate of drug-likeness (QED) is 0.149. The Morgan fingerprint density at radius 2 is 1.43 bits per heavy atom. The maximum Gasteiger partial charge on any atom is 0.415 e. The van der Waals surface area contributed by atoms with Gasteiger partial charge in [0, 0.05) is 15.9 Å². The Labute approximate surface area is 180 Å². The van der Waals surface area contributed by atoms with Crippen LogP contribution in [0.1, 0.15) is 102 Å². The molecule has 1 amide bonds. The summed E-state index contributed by atoms with van der Waals surface area (Å²) < 4.78 is 2.40. The van der Waals surface area contributed by atoms with Crippen LogP contribution in [0, 0.1) is 0 Å². The highest BCUT2D eigenvalue weighted by Crippen LogP contribution is 2.34. The van der Waals surface area contributed by atoms with Crippen LogP contribution in [-0.2, 0) is 12.8 Å². The number of rotatable bonds is 17. The molecule has 1 rings (SSSR count). The Balaban J connectivity index is 2.60. The molecule has 28 heavy (non-hydrogen) atoms. The molecule has 0 spiro atoms. The normalized spacial score (nSPS) is 10.9. The van der Waals surface area contributed by atoms with Crippen molar-refractivity contribution in [2.45, 2.75) is 109 Å². The fourth-order valence-electron chi connectivity index (χ4n) is 3.49. The molecule has 0 fully saturated rings. The maximum absolute atomic E-state index is 10.7. The lowest BCUT2D eigenvalue weighted by molar-refractivity contribution is 0.202. The van der Waals surface area contributed by atoms with Crippen molar-refractivity contribution in [3.8, 4) is 0 Å². The van der Waals surface area contributed by atoms with Crippen LogP contribution in [0.15, 0.2) is 23.1 Å². The lowest BCUT2D eigenvalue weighted by Crippen LogP contribution is -2.09. The van der Waals surface area contributed by atoms with E-state index in [9.17, 15) is 4.79 Å². The molecule has 2 N–H and O–H groups in total. The first-order chi connectivity index (χ1) is 13.7.